The van der Waals surface area contributed by atoms with E-state index in [4.69, 9.17) is 0 Å². The van der Waals surface area contributed by atoms with Crippen molar-refractivity contribution in [2.24, 2.45) is 0 Å². The maximum absolute atomic E-state index is 13.5. The maximum Gasteiger partial charge on any atom is 0.261 e. The van der Waals surface area contributed by atoms with Gasteiger partial charge in [0.05, 0.1) is 18.0 Å². The number of rotatable bonds is 9. The standard InChI is InChI=1S/C24H26N4O3S2/c29-21(15-26-23(30)20-8-4-14-33-20)28(16-19-7-3-13-32-19)22(17-9-11-25-12-10-17)24(31)27-18-5-1-2-6-18/h3-4,7-14,18,22H,1-2,5-6,15-16H2,(H,26,30)(H,27,31)/t22-/m0/s1. The number of nitrogens with one attached hydrogen (secondary N) is 2. The molecule has 0 spiro atoms. The van der Waals surface area contributed by atoms with Crippen LogP contribution < -0.4 is 10.6 Å². The van der Waals surface area contributed by atoms with Gasteiger partial charge in [0.15, 0.2) is 0 Å². The molecule has 0 aromatic carbocycles. The average Bonchev–Trinajstić information content (AvgIpc) is 3.61. The van der Waals surface area contributed by atoms with Crippen LogP contribution in [-0.2, 0) is 16.1 Å². The first-order valence-electron chi connectivity index (χ1n) is 11.0. The molecular formula is C24H26N4O3S2. The molecule has 9 heteroatoms. The Bertz CT molecular complexity index is 1050. The summed E-state index contributed by atoms with van der Waals surface area (Å²) in [5, 5.41) is 9.60. The van der Waals surface area contributed by atoms with Gasteiger partial charge in [-0.2, -0.15) is 0 Å². The van der Waals surface area contributed by atoms with Crippen molar-refractivity contribution in [3.05, 3.63) is 74.9 Å². The molecule has 1 atom stereocenters. The summed E-state index contributed by atoms with van der Waals surface area (Å²) in [5.41, 5.74) is 0.690. The number of thiophene rings is 2. The highest BCUT2D eigenvalue weighted by molar-refractivity contribution is 7.12. The highest BCUT2D eigenvalue weighted by Gasteiger charge is 2.33. The van der Waals surface area contributed by atoms with Gasteiger partial charge in [-0.1, -0.05) is 25.0 Å². The summed E-state index contributed by atoms with van der Waals surface area (Å²) in [4.78, 5) is 46.4. The first-order chi connectivity index (χ1) is 16.1. The minimum atomic E-state index is -0.818. The maximum atomic E-state index is 13.5. The molecule has 7 nitrogen and oxygen atoms in total. The Morgan fingerprint density at radius 1 is 1.03 bits per heavy atom. The van der Waals surface area contributed by atoms with Crippen LogP contribution in [-0.4, -0.2) is 40.2 Å². The molecule has 3 heterocycles. The Kier molecular flexibility index (Phi) is 7.85. The van der Waals surface area contributed by atoms with Gasteiger partial charge in [-0.05, 0) is 53.4 Å². The molecule has 0 bridgehead atoms. The number of carbonyl (C=O) groups is 3. The van der Waals surface area contributed by atoms with E-state index in [9.17, 15) is 14.4 Å². The molecule has 3 amide bonds. The zero-order valence-corrected chi connectivity index (χ0v) is 19.7. The molecule has 3 aromatic rings. The number of pyridine rings is 1. The van der Waals surface area contributed by atoms with Crippen LogP contribution in [0.15, 0.2) is 59.6 Å². The summed E-state index contributed by atoms with van der Waals surface area (Å²) in [6.45, 7) is 0.0802. The molecule has 0 aliphatic heterocycles. The summed E-state index contributed by atoms with van der Waals surface area (Å²) in [6.07, 6.45) is 7.33. The highest BCUT2D eigenvalue weighted by atomic mass is 32.1. The monoisotopic (exact) mass is 482 g/mol. The lowest BCUT2D eigenvalue weighted by Gasteiger charge is -2.32. The van der Waals surface area contributed by atoms with Crippen molar-refractivity contribution in [2.75, 3.05) is 6.54 Å². The van der Waals surface area contributed by atoms with Crippen LogP contribution in [0.25, 0.3) is 0 Å². The fourth-order valence-corrected chi connectivity index (χ4v) is 5.36. The third-order valence-electron chi connectivity index (χ3n) is 5.66. The van der Waals surface area contributed by atoms with Gasteiger partial charge in [-0.25, -0.2) is 0 Å². The number of nitrogens with zero attached hydrogens (tertiary/aromatic N) is 2. The number of aromatic nitrogens is 1. The van der Waals surface area contributed by atoms with Crippen LogP contribution in [0.2, 0.25) is 0 Å². The van der Waals surface area contributed by atoms with E-state index in [2.05, 4.69) is 15.6 Å². The summed E-state index contributed by atoms with van der Waals surface area (Å²) in [5.74, 6) is -0.829. The van der Waals surface area contributed by atoms with E-state index < -0.39 is 6.04 Å². The topological polar surface area (TPSA) is 91.4 Å². The van der Waals surface area contributed by atoms with Gasteiger partial charge >= 0.3 is 0 Å². The molecule has 0 unspecified atom stereocenters. The van der Waals surface area contributed by atoms with Crippen LogP contribution in [0.5, 0.6) is 0 Å². The minimum Gasteiger partial charge on any atom is -0.351 e. The van der Waals surface area contributed by atoms with Crippen LogP contribution in [0, 0.1) is 0 Å². The molecular weight excluding hydrogens is 456 g/mol. The molecule has 0 saturated heterocycles. The third-order valence-corrected chi connectivity index (χ3v) is 7.38. The van der Waals surface area contributed by atoms with E-state index in [-0.39, 0.29) is 36.9 Å². The molecule has 1 saturated carbocycles. The second-order valence-electron chi connectivity index (χ2n) is 7.93. The number of hydrogen-bond acceptors (Lipinski definition) is 6. The van der Waals surface area contributed by atoms with Gasteiger partial charge in [-0.3, -0.25) is 19.4 Å². The van der Waals surface area contributed by atoms with Crippen molar-refractivity contribution < 1.29 is 14.4 Å². The lowest BCUT2D eigenvalue weighted by Crippen LogP contribution is -2.48. The fourth-order valence-electron chi connectivity index (χ4n) is 4.02. The second-order valence-corrected chi connectivity index (χ2v) is 9.91. The Labute approximate surface area is 200 Å². The van der Waals surface area contributed by atoms with E-state index in [1.54, 1.807) is 41.6 Å². The van der Waals surface area contributed by atoms with Crippen LogP contribution in [0.4, 0.5) is 0 Å². The van der Waals surface area contributed by atoms with E-state index in [0.29, 0.717) is 10.4 Å². The van der Waals surface area contributed by atoms with Crippen molar-refractivity contribution >= 4 is 40.4 Å². The van der Waals surface area contributed by atoms with Gasteiger partial charge < -0.3 is 15.5 Å². The molecule has 172 valence electrons. The zero-order chi connectivity index (χ0) is 23.0. The number of amides is 3. The Morgan fingerprint density at radius 3 is 2.42 bits per heavy atom. The van der Waals surface area contributed by atoms with Crippen molar-refractivity contribution in [1.29, 1.82) is 0 Å². The molecule has 3 aromatic heterocycles. The zero-order valence-electron chi connectivity index (χ0n) is 18.1. The molecule has 1 fully saturated rings. The van der Waals surface area contributed by atoms with E-state index >= 15 is 0 Å². The Hall–Kier alpha value is -3.04. The average molecular weight is 483 g/mol. The predicted molar refractivity (Wildman–Crippen MR) is 129 cm³/mol. The van der Waals surface area contributed by atoms with Gasteiger partial charge in [0.2, 0.25) is 11.8 Å². The van der Waals surface area contributed by atoms with E-state index in [1.165, 1.54) is 22.7 Å². The highest BCUT2D eigenvalue weighted by Crippen LogP contribution is 2.26. The van der Waals surface area contributed by atoms with Gasteiger partial charge in [0.25, 0.3) is 5.91 Å². The molecule has 1 aliphatic carbocycles. The summed E-state index contributed by atoms with van der Waals surface area (Å²) in [6, 6.07) is 10.2. The van der Waals surface area contributed by atoms with Crippen molar-refractivity contribution in [1.82, 2.24) is 20.5 Å². The summed E-state index contributed by atoms with van der Waals surface area (Å²) >= 11 is 2.84. The molecule has 4 rings (SSSR count). The smallest absolute Gasteiger partial charge is 0.261 e. The lowest BCUT2D eigenvalue weighted by atomic mass is 10.0. The van der Waals surface area contributed by atoms with Crippen LogP contribution in [0.3, 0.4) is 0 Å². The van der Waals surface area contributed by atoms with Crippen LogP contribution in [0.1, 0.15) is 51.8 Å². The quantitative estimate of drug-likeness (QED) is 0.486. The Morgan fingerprint density at radius 2 is 1.76 bits per heavy atom. The largest absolute Gasteiger partial charge is 0.351 e. The van der Waals surface area contributed by atoms with Crippen molar-refractivity contribution in [3.8, 4) is 0 Å². The van der Waals surface area contributed by atoms with Crippen molar-refractivity contribution in [3.63, 3.8) is 0 Å². The fraction of sp³-hybridized carbons (Fsp3) is 0.333. The third kappa shape index (κ3) is 6.06. The first-order valence-corrected chi connectivity index (χ1v) is 12.7. The number of hydrogen-bond donors (Lipinski definition) is 2. The molecule has 1 aliphatic rings. The van der Waals surface area contributed by atoms with E-state index in [0.717, 1.165) is 30.6 Å². The summed E-state index contributed by atoms with van der Waals surface area (Å²) < 4.78 is 0. The van der Waals surface area contributed by atoms with Gasteiger partial charge in [0, 0.05) is 23.3 Å². The predicted octanol–water partition coefficient (Wildman–Crippen LogP) is 3.76. The summed E-state index contributed by atoms with van der Waals surface area (Å²) in [7, 11) is 0. The van der Waals surface area contributed by atoms with Crippen LogP contribution >= 0.6 is 22.7 Å². The normalized spacial score (nSPS) is 14.5. The first kappa shape index (κ1) is 23.1. The van der Waals surface area contributed by atoms with Crippen molar-refractivity contribution in [2.45, 2.75) is 44.3 Å². The minimum absolute atomic E-state index is 0.124. The SMILES string of the molecule is O=C(NCC(=O)N(Cc1cccs1)[C@H](C(=O)NC1CCCC1)c1ccncc1)c1cccs1. The van der Waals surface area contributed by atoms with E-state index in [1.807, 2.05) is 22.9 Å². The van der Waals surface area contributed by atoms with Gasteiger partial charge in [0.1, 0.15) is 6.04 Å². The molecule has 2 N–H and O–H groups in total. The number of carbonyl (C=O) groups excluding carboxylic acids is 3. The van der Waals surface area contributed by atoms with Gasteiger partial charge in [-0.15, -0.1) is 22.7 Å². The molecule has 33 heavy (non-hydrogen) atoms. The second kappa shape index (κ2) is 11.2. The molecule has 0 radical (unpaired) electrons. The Balaban J connectivity index is 1.58. The lowest BCUT2D eigenvalue weighted by molar-refractivity contribution is -0.141.